The lowest BCUT2D eigenvalue weighted by Crippen LogP contribution is -2.56. The first-order valence-electron chi connectivity index (χ1n) is 4.18. The maximum Gasteiger partial charge on any atom is 0.354 e. The van der Waals surface area contributed by atoms with Crippen molar-refractivity contribution in [1.82, 2.24) is 14.3 Å². The number of hydrazone groups is 1. The molecule has 0 radical (unpaired) electrons. The summed E-state index contributed by atoms with van der Waals surface area (Å²) in [5, 5.41) is 4.48. The van der Waals surface area contributed by atoms with Gasteiger partial charge in [-0.3, -0.25) is 0 Å². The molecule has 1 aliphatic rings. The van der Waals surface area contributed by atoms with E-state index in [-0.39, 0.29) is 6.54 Å². The maximum absolute atomic E-state index is 11.4. The van der Waals surface area contributed by atoms with Crippen molar-refractivity contribution in [2.75, 3.05) is 19.1 Å². The molecule has 0 aromatic carbocycles. The molecular formula is C6H12N4O4S2. The highest BCUT2D eigenvalue weighted by atomic mass is 32.3. The van der Waals surface area contributed by atoms with Gasteiger partial charge < -0.3 is 0 Å². The normalized spacial score (nSPS) is 19.4. The number of urea groups is 1. The van der Waals surface area contributed by atoms with Gasteiger partial charge in [-0.25, -0.2) is 27.9 Å². The summed E-state index contributed by atoms with van der Waals surface area (Å²) in [6, 6.07) is -0.730. The van der Waals surface area contributed by atoms with Crippen molar-refractivity contribution < 1.29 is 17.4 Å². The van der Waals surface area contributed by atoms with Crippen LogP contribution in [-0.4, -0.2) is 52.3 Å². The van der Waals surface area contributed by atoms with Crippen molar-refractivity contribution in [2.24, 2.45) is 5.10 Å². The molecular weight excluding hydrogens is 256 g/mol. The lowest BCUT2D eigenvalue weighted by atomic mass is 10.4. The van der Waals surface area contributed by atoms with E-state index in [2.05, 4.69) is 10.5 Å². The molecule has 10 heteroatoms. The zero-order chi connectivity index (χ0) is 12.5. The number of carbonyl (C=O) groups excluding carboxylic acids is 1. The molecule has 0 aromatic heterocycles. The lowest BCUT2D eigenvalue weighted by Gasteiger charge is -2.31. The second kappa shape index (κ2) is 4.47. The van der Waals surface area contributed by atoms with Crippen LogP contribution in [-0.2, 0) is 21.0 Å². The second-order valence-electron chi connectivity index (χ2n) is 3.22. The Hall–Kier alpha value is -1.00. The van der Waals surface area contributed by atoms with Crippen LogP contribution >= 0.6 is 0 Å². The molecule has 0 bridgehead atoms. The van der Waals surface area contributed by atoms with E-state index in [1.165, 1.54) is 6.26 Å². The minimum atomic E-state index is -3.78. The van der Waals surface area contributed by atoms with Gasteiger partial charge in [0.15, 0.2) is 0 Å². The average Bonchev–Trinajstić information content (AvgIpc) is 2.08. The first-order valence-corrected chi connectivity index (χ1v) is 7.54. The van der Waals surface area contributed by atoms with Crippen molar-refractivity contribution in [3.8, 4) is 0 Å². The molecule has 0 saturated heterocycles. The van der Waals surface area contributed by atoms with E-state index in [1.807, 2.05) is 0 Å². The topological polar surface area (TPSA) is 99.2 Å². The Balaban J connectivity index is 3.10. The SMILES string of the molecule is CC1=NNC(=O)N(N(S(C)=O)S(C)(=O)=O)C1. The molecule has 8 nitrogen and oxygen atoms in total. The number of nitrogens with zero attached hydrogens (tertiary/aromatic N) is 3. The number of hydrogen-bond donors (Lipinski definition) is 1. The summed E-state index contributed by atoms with van der Waals surface area (Å²) in [7, 11) is -5.63. The molecule has 1 unspecified atom stereocenters. The maximum atomic E-state index is 11.4. The Labute approximate surface area is 95.9 Å². The molecule has 92 valence electrons. The quantitative estimate of drug-likeness (QED) is 0.699. The fraction of sp³-hybridized carbons (Fsp3) is 0.667. The first kappa shape index (κ1) is 13.1. The van der Waals surface area contributed by atoms with Crippen LogP contribution in [0.2, 0.25) is 0 Å². The van der Waals surface area contributed by atoms with Crippen molar-refractivity contribution in [3.63, 3.8) is 0 Å². The Bertz CT molecular complexity index is 457. The van der Waals surface area contributed by atoms with Crippen LogP contribution in [0.25, 0.3) is 0 Å². The predicted octanol–water partition coefficient (Wildman–Crippen LogP) is -1.14. The standard InChI is InChI=1S/C6H12N4O4S2/c1-5-4-9(6(11)8-7-5)10(15(2)12)16(3,13)14/h4H2,1-3H3,(H,8,11). The van der Waals surface area contributed by atoms with Crippen LogP contribution in [0.15, 0.2) is 5.10 Å². The highest BCUT2D eigenvalue weighted by molar-refractivity contribution is 8.00. The summed E-state index contributed by atoms with van der Waals surface area (Å²) in [4.78, 5) is 11.4. The van der Waals surface area contributed by atoms with Gasteiger partial charge in [-0.1, -0.05) is 0 Å². The van der Waals surface area contributed by atoms with Crippen LogP contribution in [0.4, 0.5) is 4.79 Å². The molecule has 0 fully saturated rings. The largest absolute Gasteiger partial charge is 0.354 e. The smallest absolute Gasteiger partial charge is 0.245 e. The zero-order valence-electron chi connectivity index (χ0n) is 9.00. The number of hydrogen-bond acceptors (Lipinski definition) is 5. The minimum absolute atomic E-state index is 0.0154. The van der Waals surface area contributed by atoms with E-state index in [0.29, 0.717) is 9.53 Å². The second-order valence-corrected chi connectivity index (χ2v) is 6.45. The molecule has 0 aromatic rings. The van der Waals surface area contributed by atoms with Gasteiger partial charge in [0.05, 0.1) is 18.5 Å². The number of hydrazine groups is 1. The van der Waals surface area contributed by atoms with Gasteiger partial charge in [0.1, 0.15) is 11.0 Å². The van der Waals surface area contributed by atoms with Crippen molar-refractivity contribution >= 4 is 32.8 Å². The van der Waals surface area contributed by atoms with E-state index >= 15 is 0 Å². The summed E-state index contributed by atoms with van der Waals surface area (Å²) in [5.41, 5.74) is 2.64. The van der Waals surface area contributed by atoms with Gasteiger partial charge >= 0.3 is 6.03 Å². The lowest BCUT2D eigenvalue weighted by molar-refractivity contribution is 0.156. The summed E-state index contributed by atoms with van der Waals surface area (Å²) in [6.45, 7) is 1.60. The first-order chi connectivity index (χ1) is 7.23. The fourth-order valence-electron chi connectivity index (χ4n) is 1.17. The van der Waals surface area contributed by atoms with Crippen LogP contribution in [0.5, 0.6) is 0 Å². The third-order valence-electron chi connectivity index (χ3n) is 1.66. The van der Waals surface area contributed by atoms with E-state index in [0.717, 1.165) is 11.3 Å². The summed E-state index contributed by atoms with van der Waals surface area (Å²) in [5.74, 6) is 0. The summed E-state index contributed by atoms with van der Waals surface area (Å²) < 4.78 is 34.7. The van der Waals surface area contributed by atoms with Gasteiger partial charge in [0.2, 0.25) is 10.0 Å². The molecule has 0 saturated carbocycles. The van der Waals surface area contributed by atoms with Crippen molar-refractivity contribution in [1.29, 1.82) is 0 Å². The summed E-state index contributed by atoms with van der Waals surface area (Å²) in [6.07, 6.45) is 2.05. The van der Waals surface area contributed by atoms with Gasteiger partial charge in [0, 0.05) is 6.26 Å². The summed E-state index contributed by atoms with van der Waals surface area (Å²) >= 11 is 0. The number of rotatable bonds is 3. The fourth-order valence-corrected chi connectivity index (χ4v) is 3.59. The third kappa shape index (κ3) is 2.77. The molecule has 2 amide bonds. The Morgan fingerprint density at radius 3 is 2.56 bits per heavy atom. The molecule has 16 heavy (non-hydrogen) atoms. The molecule has 1 rings (SSSR count). The Morgan fingerprint density at radius 2 is 2.12 bits per heavy atom. The molecule has 0 spiro atoms. The van der Waals surface area contributed by atoms with E-state index in [1.54, 1.807) is 6.92 Å². The van der Waals surface area contributed by atoms with Crippen molar-refractivity contribution in [3.05, 3.63) is 0 Å². The number of sulfonamides is 1. The molecule has 1 N–H and O–H groups in total. The van der Waals surface area contributed by atoms with Gasteiger partial charge in [-0.15, -0.1) is 0 Å². The van der Waals surface area contributed by atoms with Gasteiger partial charge in [0.25, 0.3) is 0 Å². The van der Waals surface area contributed by atoms with E-state index in [4.69, 9.17) is 0 Å². The Kier molecular flexibility index (Phi) is 3.65. The highest BCUT2D eigenvalue weighted by Crippen LogP contribution is 2.10. The van der Waals surface area contributed by atoms with Gasteiger partial charge in [-0.05, 0) is 10.7 Å². The third-order valence-corrected chi connectivity index (χ3v) is 4.50. The molecule has 0 aliphatic carbocycles. The molecule has 1 aliphatic heterocycles. The minimum Gasteiger partial charge on any atom is -0.245 e. The van der Waals surface area contributed by atoms with E-state index in [9.17, 15) is 17.4 Å². The molecule has 1 atom stereocenters. The van der Waals surface area contributed by atoms with Crippen LogP contribution in [0, 0.1) is 0 Å². The van der Waals surface area contributed by atoms with Crippen LogP contribution < -0.4 is 5.43 Å². The number of nitrogens with one attached hydrogen (secondary N) is 1. The zero-order valence-corrected chi connectivity index (χ0v) is 10.6. The van der Waals surface area contributed by atoms with E-state index < -0.39 is 27.0 Å². The Morgan fingerprint density at radius 1 is 1.56 bits per heavy atom. The van der Waals surface area contributed by atoms with Crippen molar-refractivity contribution in [2.45, 2.75) is 6.92 Å². The van der Waals surface area contributed by atoms with Crippen LogP contribution in [0.1, 0.15) is 6.92 Å². The number of carbonyl (C=O) groups is 1. The molecule has 1 heterocycles. The monoisotopic (exact) mass is 268 g/mol. The number of amides is 2. The van der Waals surface area contributed by atoms with Crippen LogP contribution in [0.3, 0.4) is 0 Å². The van der Waals surface area contributed by atoms with Gasteiger partial charge in [-0.2, -0.15) is 5.10 Å². The predicted molar refractivity (Wildman–Crippen MR) is 59.1 cm³/mol. The average molecular weight is 268 g/mol. The highest BCUT2D eigenvalue weighted by Gasteiger charge is 2.34.